The van der Waals surface area contributed by atoms with Crippen LogP contribution in [0.1, 0.15) is 0 Å². The normalized spacial score (nSPS) is 12.4. The van der Waals surface area contributed by atoms with E-state index in [2.05, 4.69) is 24.9 Å². The number of H-pyrrole nitrogens is 1. The molecule has 4 aromatic rings. The molecule has 4 heterocycles. The molecule has 0 amide bonds. The highest BCUT2D eigenvalue weighted by atomic mass is 35.5. The van der Waals surface area contributed by atoms with Crippen molar-refractivity contribution < 1.29 is 4.55 Å². The predicted molar refractivity (Wildman–Crippen MR) is 103 cm³/mol. The molecule has 9 heteroatoms. The lowest BCUT2D eigenvalue weighted by Crippen LogP contribution is -2.03. The van der Waals surface area contributed by atoms with Gasteiger partial charge in [0.2, 0.25) is 0 Å². The van der Waals surface area contributed by atoms with Crippen molar-refractivity contribution in [1.82, 2.24) is 24.9 Å². The first-order valence-electron chi connectivity index (χ1n) is 7.54. The van der Waals surface area contributed by atoms with E-state index < -0.39 is 11.2 Å². The summed E-state index contributed by atoms with van der Waals surface area (Å²) in [7, 11) is 0. The lowest BCUT2D eigenvalue weighted by atomic mass is 10.2. The van der Waals surface area contributed by atoms with Crippen molar-refractivity contribution in [3.05, 3.63) is 54.1 Å². The van der Waals surface area contributed by atoms with E-state index in [1.165, 1.54) is 11.8 Å². The molecule has 4 aromatic heterocycles. The molecule has 4 rings (SSSR count). The molecule has 1 atom stereocenters. The predicted octanol–water partition coefficient (Wildman–Crippen LogP) is 3.96. The first kappa shape index (κ1) is 17.3. The number of rotatable bonds is 4. The van der Waals surface area contributed by atoms with Gasteiger partial charge < -0.3 is 9.54 Å². The van der Waals surface area contributed by atoms with Crippen LogP contribution in [0.2, 0.25) is 5.02 Å². The van der Waals surface area contributed by atoms with Crippen molar-refractivity contribution in [2.45, 2.75) is 15.1 Å². The van der Waals surface area contributed by atoms with Crippen molar-refractivity contribution in [3.8, 4) is 11.3 Å². The lowest BCUT2D eigenvalue weighted by Gasteiger charge is -2.05. The molecule has 26 heavy (non-hydrogen) atoms. The van der Waals surface area contributed by atoms with E-state index >= 15 is 0 Å². The summed E-state index contributed by atoms with van der Waals surface area (Å²) in [5, 5.41) is 2.68. The average molecular weight is 402 g/mol. The van der Waals surface area contributed by atoms with Crippen LogP contribution >= 0.6 is 23.4 Å². The fraction of sp³-hybridized carbons (Fsp3) is 0.0588. The number of nitrogens with zero attached hydrogens (tertiary/aromatic N) is 4. The number of hydrogen-bond acceptors (Lipinski definition) is 6. The third kappa shape index (κ3) is 3.41. The van der Waals surface area contributed by atoms with Crippen LogP contribution in [0.15, 0.2) is 64.1 Å². The van der Waals surface area contributed by atoms with Gasteiger partial charge in [0.05, 0.1) is 10.7 Å². The number of pyridine rings is 2. The first-order chi connectivity index (χ1) is 12.6. The second kappa shape index (κ2) is 7.24. The molecule has 0 spiro atoms. The van der Waals surface area contributed by atoms with Gasteiger partial charge in [-0.2, -0.15) is 9.97 Å². The SMILES string of the molecule is C[S+]([O-])c1ncc(-c2[nH]c3ncccc3c2Sc2ccc(Cl)cn2)cn1. The molecule has 6 nitrogen and oxygen atoms in total. The van der Waals surface area contributed by atoms with Crippen LogP contribution in [0.5, 0.6) is 0 Å². The summed E-state index contributed by atoms with van der Waals surface area (Å²) in [6, 6.07) is 7.56. The van der Waals surface area contributed by atoms with Crippen molar-refractivity contribution in [3.63, 3.8) is 0 Å². The van der Waals surface area contributed by atoms with E-state index in [0.717, 1.165) is 32.2 Å². The summed E-state index contributed by atoms with van der Waals surface area (Å²) in [6.07, 6.45) is 8.22. The van der Waals surface area contributed by atoms with Gasteiger partial charge in [-0.1, -0.05) is 23.4 Å². The maximum absolute atomic E-state index is 11.5. The Hall–Kier alpha value is -2.13. The molecule has 0 fully saturated rings. The third-order valence-electron chi connectivity index (χ3n) is 3.60. The molecule has 0 aromatic carbocycles. The van der Waals surface area contributed by atoms with Crippen LogP contribution in [-0.4, -0.2) is 35.7 Å². The molecule has 1 N–H and O–H groups in total. The van der Waals surface area contributed by atoms with E-state index in [1.807, 2.05) is 18.2 Å². The highest BCUT2D eigenvalue weighted by Crippen LogP contribution is 2.39. The van der Waals surface area contributed by atoms with Crippen LogP contribution in [0.3, 0.4) is 0 Å². The zero-order valence-corrected chi connectivity index (χ0v) is 15.9. The van der Waals surface area contributed by atoms with Gasteiger partial charge >= 0.3 is 5.16 Å². The zero-order valence-electron chi connectivity index (χ0n) is 13.5. The third-order valence-corrected chi connectivity index (χ3v) is 5.63. The lowest BCUT2D eigenvalue weighted by molar-refractivity contribution is 0.592. The molecular formula is C17H12ClN5OS2. The molecule has 0 bridgehead atoms. The number of fused-ring (bicyclic) bond motifs is 1. The minimum absolute atomic E-state index is 0.302. The van der Waals surface area contributed by atoms with Gasteiger partial charge in [0.25, 0.3) is 0 Å². The molecule has 1 unspecified atom stereocenters. The molecule has 0 radical (unpaired) electrons. The topological polar surface area (TPSA) is 90.4 Å². The maximum Gasteiger partial charge on any atom is 0.342 e. The minimum Gasteiger partial charge on any atom is -0.609 e. The van der Waals surface area contributed by atoms with E-state index in [1.54, 1.807) is 37.1 Å². The summed E-state index contributed by atoms with van der Waals surface area (Å²) in [5.74, 6) is 0. The minimum atomic E-state index is -1.22. The van der Waals surface area contributed by atoms with Gasteiger partial charge in [-0.25, -0.2) is 9.97 Å². The van der Waals surface area contributed by atoms with Crippen LogP contribution < -0.4 is 0 Å². The Balaban J connectivity index is 1.82. The second-order valence-corrected chi connectivity index (χ2v) is 8.09. The van der Waals surface area contributed by atoms with Crippen molar-refractivity contribution in [1.29, 1.82) is 0 Å². The van der Waals surface area contributed by atoms with Crippen LogP contribution in [-0.2, 0) is 11.2 Å². The number of halogens is 1. The molecule has 0 saturated heterocycles. The Bertz CT molecular complexity index is 1050. The van der Waals surface area contributed by atoms with E-state index in [-0.39, 0.29) is 0 Å². The largest absolute Gasteiger partial charge is 0.609 e. The Morgan fingerprint density at radius 1 is 1.08 bits per heavy atom. The van der Waals surface area contributed by atoms with E-state index in [0.29, 0.717) is 10.2 Å². The number of aromatic nitrogens is 5. The smallest absolute Gasteiger partial charge is 0.342 e. The quantitative estimate of drug-likeness (QED) is 0.411. The molecule has 130 valence electrons. The fourth-order valence-electron chi connectivity index (χ4n) is 2.43. The number of hydrogen-bond donors (Lipinski definition) is 1. The monoisotopic (exact) mass is 401 g/mol. The highest BCUT2D eigenvalue weighted by Gasteiger charge is 2.17. The Morgan fingerprint density at radius 3 is 2.58 bits per heavy atom. The molecule has 0 aliphatic carbocycles. The Labute approximate surface area is 161 Å². The first-order valence-corrected chi connectivity index (χ1v) is 10.3. The summed E-state index contributed by atoms with van der Waals surface area (Å²) < 4.78 is 11.5. The van der Waals surface area contributed by atoms with Gasteiger partial charge in [0.1, 0.15) is 16.9 Å². The highest BCUT2D eigenvalue weighted by molar-refractivity contribution is 7.99. The molecule has 0 aliphatic rings. The van der Waals surface area contributed by atoms with Gasteiger partial charge in [0.15, 0.2) is 0 Å². The van der Waals surface area contributed by atoms with Crippen molar-refractivity contribution in [2.24, 2.45) is 0 Å². The van der Waals surface area contributed by atoms with E-state index in [4.69, 9.17) is 11.6 Å². The van der Waals surface area contributed by atoms with Crippen LogP contribution in [0, 0.1) is 0 Å². The van der Waals surface area contributed by atoms with Gasteiger partial charge in [-0.15, -0.1) is 0 Å². The summed E-state index contributed by atoms with van der Waals surface area (Å²) in [5.41, 5.74) is 2.39. The zero-order chi connectivity index (χ0) is 18.1. The fourth-order valence-corrected chi connectivity index (χ4v) is 3.94. The maximum atomic E-state index is 11.5. The Kier molecular flexibility index (Phi) is 4.82. The van der Waals surface area contributed by atoms with Gasteiger partial charge in [-0.05, 0) is 24.3 Å². The second-order valence-electron chi connectivity index (χ2n) is 5.35. The summed E-state index contributed by atoms with van der Waals surface area (Å²) in [6.45, 7) is 0. The van der Waals surface area contributed by atoms with Gasteiger partial charge in [-0.3, -0.25) is 0 Å². The van der Waals surface area contributed by atoms with Crippen molar-refractivity contribution in [2.75, 3.05) is 6.26 Å². The molecular weight excluding hydrogens is 390 g/mol. The summed E-state index contributed by atoms with van der Waals surface area (Å²) in [4.78, 5) is 21.4. The average Bonchev–Trinajstić information content (AvgIpc) is 3.02. The number of nitrogens with one attached hydrogen (secondary N) is 1. The molecule has 0 aliphatic heterocycles. The molecule has 0 saturated carbocycles. The van der Waals surface area contributed by atoms with Crippen molar-refractivity contribution >= 4 is 45.6 Å². The van der Waals surface area contributed by atoms with Crippen LogP contribution in [0.4, 0.5) is 0 Å². The van der Waals surface area contributed by atoms with E-state index in [9.17, 15) is 4.55 Å². The Morgan fingerprint density at radius 2 is 1.88 bits per heavy atom. The standard InChI is InChI=1S/C17H12ClN5OS2/c1-26(24)17-21-7-10(8-22-17)14-15(12-3-2-6-19-16(12)23-14)25-13-5-4-11(18)9-20-13/h2-9H,1H3,(H,19,23). The summed E-state index contributed by atoms with van der Waals surface area (Å²) >= 11 is 6.21. The van der Waals surface area contributed by atoms with Crippen LogP contribution in [0.25, 0.3) is 22.3 Å². The van der Waals surface area contributed by atoms with Gasteiger partial charge in [0, 0.05) is 51.8 Å². The number of aromatic amines is 1.